The quantitative estimate of drug-likeness (QED) is 0.726. The molecule has 1 heterocycles. The van der Waals surface area contributed by atoms with E-state index in [1.54, 1.807) is 6.92 Å². The van der Waals surface area contributed by atoms with Gasteiger partial charge in [-0.25, -0.2) is 0 Å². The zero-order valence-electron chi connectivity index (χ0n) is 11.5. The summed E-state index contributed by atoms with van der Waals surface area (Å²) in [6, 6.07) is 0.759. The molecule has 1 saturated heterocycles. The molecule has 0 aromatic rings. The zero-order valence-corrected chi connectivity index (χ0v) is 11.5. The first-order chi connectivity index (χ1) is 6.93. The minimum Gasteiger partial charge on any atom is -0.403 e. The van der Waals surface area contributed by atoms with E-state index < -0.39 is 0 Å². The van der Waals surface area contributed by atoms with Crippen LogP contribution in [0.5, 0.6) is 0 Å². The predicted octanol–water partition coefficient (Wildman–Crippen LogP) is 3.24. The van der Waals surface area contributed by atoms with E-state index in [0.717, 1.165) is 12.0 Å². The van der Waals surface area contributed by atoms with Gasteiger partial charge in [0, 0.05) is 12.6 Å². The van der Waals surface area contributed by atoms with Gasteiger partial charge < -0.3 is 10.6 Å². The highest BCUT2D eigenvalue weighted by Gasteiger charge is 2.19. The molecule has 1 fully saturated rings. The monoisotopic (exact) mass is 214 g/mol. The molecule has 0 aromatic heterocycles. The molecular formula is C13H30N2. The summed E-state index contributed by atoms with van der Waals surface area (Å²) in [5.41, 5.74) is 5.58. The molecule has 0 aliphatic carbocycles. The maximum absolute atomic E-state index is 4.92. The minimum atomic E-state index is 0.667. The number of nitrogens with zero attached hydrogens (tertiary/aromatic N) is 1. The molecule has 0 bridgehead atoms. The Labute approximate surface area is 96.5 Å². The van der Waals surface area contributed by atoms with E-state index in [1.807, 2.05) is 13.8 Å². The van der Waals surface area contributed by atoms with Crippen molar-refractivity contribution in [1.29, 1.82) is 0 Å². The molecule has 92 valence electrons. The minimum absolute atomic E-state index is 0.667. The van der Waals surface area contributed by atoms with Crippen LogP contribution in [0, 0.1) is 5.92 Å². The van der Waals surface area contributed by atoms with Crippen molar-refractivity contribution >= 4 is 0 Å². The standard InChI is InChI=1S/C8H17N.C3H7N.C2H6/c1-7(2)9-5-4-8(3)6-9;1-3(2)4;1-2/h7-8H,4-6H2,1-3H3;1,4H2,2H3;1-2H3/t8-;;/m1../s1. The van der Waals surface area contributed by atoms with Crippen LogP contribution in [-0.4, -0.2) is 24.0 Å². The molecule has 1 rings (SSSR count). The lowest BCUT2D eigenvalue weighted by molar-refractivity contribution is 0.267. The fourth-order valence-corrected chi connectivity index (χ4v) is 1.44. The van der Waals surface area contributed by atoms with Crippen LogP contribution in [0.25, 0.3) is 0 Å². The van der Waals surface area contributed by atoms with Crippen LogP contribution in [-0.2, 0) is 0 Å². The van der Waals surface area contributed by atoms with Crippen molar-refractivity contribution in [2.24, 2.45) is 11.7 Å². The number of hydrogen-bond acceptors (Lipinski definition) is 2. The van der Waals surface area contributed by atoms with Crippen LogP contribution in [0.4, 0.5) is 0 Å². The summed E-state index contributed by atoms with van der Waals surface area (Å²) >= 11 is 0. The zero-order chi connectivity index (χ0) is 12.4. The molecule has 1 atom stereocenters. The molecule has 0 amide bonds. The number of hydrogen-bond donors (Lipinski definition) is 1. The third kappa shape index (κ3) is 11.4. The largest absolute Gasteiger partial charge is 0.403 e. The van der Waals surface area contributed by atoms with Crippen LogP contribution in [0.3, 0.4) is 0 Å². The molecular weight excluding hydrogens is 184 g/mol. The normalized spacial score (nSPS) is 20.1. The van der Waals surface area contributed by atoms with Crippen LogP contribution >= 0.6 is 0 Å². The third-order valence-electron chi connectivity index (χ3n) is 2.19. The van der Waals surface area contributed by atoms with Crippen molar-refractivity contribution < 1.29 is 0 Å². The van der Waals surface area contributed by atoms with Crippen LogP contribution in [0.15, 0.2) is 12.3 Å². The summed E-state index contributed by atoms with van der Waals surface area (Å²) in [6.07, 6.45) is 1.40. The lowest BCUT2D eigenvalue weighted by Gasteiger charge is -2.19. The van der Waals surface area contributed by atoms with Gasteiger partial charge in [0.25, 0.3) is 0 Å². The topological polar surface area (TPSA) is 29.3 Å². The summed E-state index contributed by atoms with van der Waals surface area (Å²) in [5.74, 6) is 0.937. The van der Waals surface area contributed by atoms with Crippen LogP contribution in [0.1, 0.15) is 48.0 Å². The van der Waals surface area contributed by atoms with Crippen LogP contribution in [0.2, 0.25) is 0 Å². The third-order valence-corrected chi connectivity index (χ3v) is 2.19. The second kappa shape index (κ2) is 10.0. The second-order valence-electron chi connectivity index (χ2n) is 4.33. The summed E-state index contributed by atoms with van der Waals surface area (Å²) in [5, 5.41) is 0. The lowest BCUT2D eigenvalue weighted by atomic mass is 10.2. The highest BCUT2D eigenvalue weighted by molar-refractivity contribution is 4.76. The molecule has 2 N–H and O–H groups in total. The summed E-state index contributed by atoms with van der Waals surface area (Å²) in [4.78, 5) is 2.55. The number of rotatable bonds is 1. The van der Waals surface area contributed by atoms with Crippen molar-refractivity contribution in [3.63, 3.8) is 0 Å². The van der Waals surface area contributed by atoms with Crippen molar-refractivity contribution in [2.45, 2.75) is 54.0 Å². The Bertz CT molecular complexity index is 149. The Morgan fingerprint density at radius 1 is 1.40 bits per heavy atom. The number of nitrogens with two attached hydrogens (primary N) is 1. The molecule has 1 aliphatic rings. The van der Waals surface area contributed by atoms with Gasteiger partial charge >= 0.3 is 0 Å². The first-order valence-corrected chi connectivity index (χ1v) is 6.08. The van der Waals surface area contributed by atoms with E-state index in [9.17, 15) is 0 Å². The molecule has 0 saturated carbocycles. The van der Waals surface area contributed by atoms with Gasteiger partial charge in [-0.05, 0) is 45.4 Å². The predicted molar refractivity (Wildman–Crippen MR) is 70.8 cm³/mol. The maximum Gasteiger partial charge on any atom is 0.00387 e. The molecule has 2 nitrogen and oxygen atoms in total. The van der Waals surface area contributed by atoms with Gasteiger partial charge in [0.1, 0.15) is 0 Å². The maximum atomic E-state index is 4.92. The SMILES string of the molecule is C=C(C)N.CC.CC(C)N1CC[C@@H](C)C1. The van der Waals surface area contributed by atoms with Gasteiger partial charge in [-0.15, -0.1) is 0 Å². The Balaban J connectivity index is 0. The number of likely N-dealkylation sites (tertiary alicyclic amines) is 1. The van der Waals surface area contributed by atoms with E-state index in [2.05, 4.69) is 32.3 Å². The summed E-state index contributed by atoms with van der Waals surface area (Å²) < 4.78 is 0. The second-order valence-corrected chi connectivity index (χ2v) is 4.33. The molecule has 15 heavy (non-hydrogen) atoms. The molecule has 2 heteroatoms. The van der Waals surface area contributed by atoms with Gasteiger partial charge in [-0.3, -0.25) is 0 Å². The smallest absolute Gasteiger partial charge is 0.00387 e. The Morgan fingerprint density at radius 3 is 1.93 bits per heavy atom. The van der Waals surface area contributed by atoms with Crippen LogP contribution < -0.4 is 5.73 Å². The Morgan fingerprint density at radius 2 is 1.80 bits per heavy atom. The van der Waals surface area contributed by atoms with E-state index in [-0.39, 0.29) is 0 Å². The van der Waals surface area contributed by atoms with E-state index in [0.29, 0.717) is 5.70 Å². The first-order valence-electron chi connectivity index (χ1n) is 6.08. The van der Waals surface area contributed by atoms with Gasteiger partial charge in [-0.1, -0.05) is 27.4 Å². The van der Waals surface area contributed by atoms with E-state index >= 15 is 0 Å². The molecule has 0 unspecified atom stereocenters. The molecule has 0 spiro atoms. The Hall–Kier alpha value is -0.500. The summed E-state index contributed by atoms with van der Waals surface area (Å²) in [6.45, 7) is 18.6. The first kappa shape index (κ1) is 16.9. The van der Waals surface area contributed by atoms with Crippen molar-refractivity contribution in [1.82, 2.24) is 4.90 Å². The van der Waals surface area contributed by atoms with E-state index in [4.69, 9.17) is 5.73 Å². The van der Waals surface area contributed by atoms with Gasteiger partial charge in [0.15, 0.2) is 0 Å². The van der Waals surface area contributed by atoms with E-state index in [1.165, 1.54) is 19.5 Å². The Kier molecular flexibility index (Phi) is 11.3. The fourth-order valence-electron chi connectivity index (χ4n) is 1.44. The van der Waals surface area contributed by atoms with Gasteiger partial charge in [-0.2, -0.15) is 0 Å². The lowest BCUT2D eigenvalue weighted by Crippen LogP contribution is -2.27. The molecule has 0 radical (unpaired) electrons. The molecule has 1 aliphatic heterocycles. The summed E-state index contributed by atoms with van der Waals surface area (Å²) in [7, 11) is 0. The molecule has 0 aromatic carbocycles. The highest BCUT2D eigenvalue weighted by Crippen LogP contribution is 2.16. The van der Waals surface area contributed by atoms with Gasteiger partial charge in [0.05, 0.1) is 0 Å². The highest BCUT2D eigenvalue weighted by atomic mass is 15.2. The average Bonchev–Trinajstić information content (AvgIpc) is 2.54. The average molecular weight is 214 g/mol. The van der Waals surface area contributed by atoms with Crippen molar-refractivity contribution in [3.8, 4) is 0 Å². The van der Waals surface area contributed by atoms with Crippen molar-refractivity contribution in [3.05, 3.63) is 12.3 Å². The fraction of sp³-hybridized carbons (Fsp3) is 0.846. The van der Waals surface area contributed by atoms with Gasteiger partial charge in [0.2, 0.25) is 0 Å². The number of allylic oxidation sites excluding steroid dienone is 1. The van der Waals surface area contributed by atoms with Crippen molar-refractivity contribution in [2.75, 3.05) is 13.1 Å².